The summed E-state index contributed by atoms with van der Waals surface area (Å²) in [5, 5.41) is 9.10. The normalized spacial score (nSPS) is 14.5. The lowest BCUT2D eigenvalue weighted by Gasteiger charge is -2.00. The molecule has 0 rings (SSSR count). The van der Waals surface area contributed by atoms with Crippen molar-refractivity contribution < 1.29 is 5.11 Å². The molecule has 0 aliphatic carbocycles. The molecular weight excluding hydrogens is 164 g/mol. The van der Waals surface area contributed by atoms with E-state index in [9.17, 15) is 0 Å². The van der Waals surface area contributed by atoms with Crippen molar-refractivity contribution in [3.63, 3.8) is 0 Å². The van der Waals surface area contributed by atoms with Crippen LogP contribution in [0.15, 0.2) is 23.3 Å². The van der Waals surface area contributed by atoms with Gasteiger partial charge in [-0.2, -0.15) is 0 Å². The van der Waals surface area contributed by atoms with Gasteiger partial charge in [-0.3, -0.25) is 0 Å². The topological polar surface area (TPSA) is 20.2 Å². The van der Waals surface area contributed by atoms with E-state index in [1.807, 2.05) is 6.08 Å². The van der Waals surface area contributed by atoms with E-state index in [1.165, 1.54) is 11.1 Å². The van der Waals surface area contributed by atoms with Crippen molar-refractivity contribution in [2.24, 2.45) is 0 Å². The van der Waals surface area contributed by atoms with Crippen LogP contribution < -0.4 is 0 Å². The van der Waals surface area contributed by atoms with Gasteiger partial charge in [-0.15, -0.1) is 0 Å². The van der Waals surface area contributed by atoms with Crippen LogP contribution in [-0.4, -0.2) is 21.1 Å². The molecule has 1 unspecified atom stereocenters. The molecule has 1 atom stereocenters. The van der Waals surface area contributed by atoms with Gasteiger partial charge < -0.3 is 5.11 Å². The number of aliphatic hydroxyl groups excluding tert-OH is 1. The Kier molecular flexibility index (Phi) is 6.03. The molecular formula is C10H20OSi. The highest BCUT2D eigenvalue weighted by Gasteiger charge is 1.91. The summed E-state index contributed by atoms with van der Waals surface area (Å²) in [7, 11) is 0.836. The number of rotatable bonds is 4. The van der Waals surface area contributed by atoms with Crippen LogP contribution in [0.1, 0.15) is 33.6 Å². The highest BCUT2D eigenvalue weighted by atomic mass is 28.1. The molecule has 0 aliphatic heterocycles. The summed E-state index contributed by atoms with van der Waals surface area (Å²) in [4.78, 5) is 0. The molecule has 70 valence electrons. The fourth-order valence-corrected chi connectivity index (χ4v) is 1.65. The van der Waals surface area contributed by atoms with E-state index in [1.54, 1.807) is 0 Å². The lowest BCUT2D eigenvalue weighted by atomic mass is 10.1. The Hall–Kier alpha value is -0.343. The second-order valence-corrected chi connectivity index (χ2v) is 4.76. The van der Waals surface area contributed by atoms with Crippen LogP contribution in [0.3, 0.4) is 0 Å². The maximum absolute atomic E-state index is 9.10. The monoisotopic (exact) mass is 184 g/mol. The highest BCUT2D eigenvalue weighted by molar-refractivity contribution is 6.12. The van der Waals surface area contributed by atoms with Crippen molar-refractivity contribution in [1.29, 1.82) is 0 Å². The quantitative estimate of drug-likeness (QED) is 0.517. The molecule has 0 aliphatic rings. The van der Waals surface area contributed by atoms with Crippen molar-refractivity contribution in [2.75, 3.05) is 0 Å². The lowest BCUT2D eigenvalue weighted by molar-refractivity contribution is 0.301. The first-order valence-corrected chi connectivity index (χ1v) is 5.66. The van der Waals surface area contributed by atoms with Gasteiger partial charge in [-0.25, -0.2) is 0 Å². The molecule has 0 fully saturated rings. The average molecular weight is 184 g/mol. The van der Waals surface area contributed by atoms with E-state index in [2.05, 4.69) is 26.8 Å². The van der Waals surface area contributed by atoms with Crippen LogP contribution >= 0.6 is 0 Å². The number of aliphatic hydroxyl groups is 1. The molecule has 0 amide bonds. The minimum atomic E-state index is -0.170. The largest absolute Gasteiger partial charge is 0.394 e. The van der Waals surface area contributed by atoms with E-state index in [0.29, 0.717) is 0 Å². The van der Waals surface area contributed by atoms with Crippen molar-refractivity contribution in [3.8, 4) is 0 Å². The molecule has 1 N–H and O–H groups in total. The summed E-state index contributed by atoms with van der Waals surface area (Å²) in [6.07, 6.45) is 6.37. The number of hydrogen-bond acceptors (Lipinski definition) is 1. The Bertz CT molecular complexity index is 176. The van der Waals surface area contributed by atoms with E-state index < -0.39 is 0 Å². The predicted molar refractivity (Wildman–Crippen MR) is 58.4 cm³/mol. The van der Waals surface area contributed by atoms with Crippen molar-refractivity contribution in [2.45, 2.75) is 39.3 Å². The molecule has 2 heteroatoms. The zero-order valence-electron chi connectivity index (χ0n) is 8.59. The number of hydrogen-bond donors (Lipinski definition) is 1. The van der Waals surface area contributed by atoms with E-state index in [-0.39, 0.29) is 5.73 Å². The Balaban J connectivity index is 3.71. The summed E-state index contributed by atoms with van der Waals surface area (Å²) in [6, 6.07) is 0. The average Bonchev–Trinajstić information content (AvgIpc) is 1.84. The highest BCUT2D eigenvalue weighted by Crippen LogP contribution is 2.06. The molecule has 0 radical (unpaired) electrons. The van der Waals surface area contributed by atoms with Gasteiger partial charge in [0.1, 0.15) is 0 Å². The van der Waals surface area contributed by atoms with Crippen molar-refractivity contribution in [3.05, 3.63) is 23.3 Å². The fraction of sp³-hybridized carbons (Fsp3) is 0.600. The Morgan fingerprint density at radius 1 is 1.42 bits per heavy atom. The Labute approximate surface area is 78.6 Å². The lowest BCUT2D eigenvalue weighted by Crippen LogP contribution is -2.00. The minimum absolute atomic E-state index is 0.170. The SMILES string of the molecule is CC(C)=CCC/C(C)=C/C(O)[SiH3]. The van der Waals surface area contributed by atoms with Gasteiger partial charge in [0.15, 0.2) is 0 Å². The smallest absolute Gasteiger partial charge is 0.0523 e. The van der Waals surface area contributed by atoms with Gasteiger partial charge in [0.05, 0.1) is 5.73 Å². The molecule has 0 bridgehead atoms. The summed E-state index contributed by atoms with van der Waals surface area (Å²) in [6.45, 7) is 6.31. The number of allylic oxidation sites excluding steroid dienone is 3. The van der Waals surface area contributed by atoms with Gasteiger partial charge in [0.2, 0.25) is 0 Å². The third-order valence-electron chi connectivity index (χ3n) is 1.62. The van der Waals surface area contributed by atoms with Crippen molar-refractivity contribution in [1.82, 2.24) is 0 Å². The van der Waals surface area contributed by atoms with Gasteiger partial charge in [-0.1, -0.05) is 23.3 Å². The third-order valence-corrected chi connectivity index (χ3v) is 1.95. The second kappa shape index (κ2) is 6.20. The van der Waals surface area contributed by atoms with Crippen LogP contribution in [0.4, 0.5) is 0 Å². The molecule has 0 aromatic rings. The van der Waals surface area contributed by atoms with Crippen LogP contribution in [0, 0.1) is 0 Å². The van der Waals surface area contributed by atoms with Gasteiger partial charge >= 0.3 is 0 Å². The third kappa shape index (κ3) is 7.76. The van der Waals surface area contributed by atoms with Gasteiger partial charge in [0.25, 0.3) is 0 Å². The van der Waals surface area contributed by atoms with Crippen LogP contribution in [0.25, 0.3) is 0 Å². The van der Waals surface area contributed by atoms with E-state index in [0.717, 1.165) is 23.1 Å². The molecule has 1 nitrogen and oxygen atoms in total. The van der Waals surface area contributed by atoms with Crippen molar-refractivity contribution >= 4 is 10.2 Å². The summed E-state index contributed by atoms with van der Waals surface area (Å²) >= 11 is 0. The summed E-state index contributed by atoms with van der Waals surface area (Å²) in [5.41, 5.74) is 2.50. The van der Waals surface area contributed by atoms with Gasteiger partial charge in [-0.05, 0) is 33.6 Å². The van der Waals surface area contributed by atoms with Gasteiger partial charge in [0, 0.05) is 10.2 Å². The molecule has 0 aromatic carbocycles. The standard InChI is InChI=1S/C10H20OSi/c1-8(2)5-4-6-9(3)7-10(11)12/h5,7,10-11H,4,6H2,1-3,12H3/b9-7+. The summed E-state index contributed by atoms with van der Waals surface area (Å²) in [5.74, 6) is 0. The molecule has 12 heavy (non-hydrogen) atoms. The first kappa shape index (κ1) is 11.7. The Morgan fingerprint density at radius 2 is 2.00 bits per heavy atom. The van der Waals surface area contributed by atoms with E-state index in [4.69, 9.17) is 5.11 Å². The first-order chi connectivity index (χ1) is 5.52. The van der Waals surface area contributed by atoms with Crippen LogP contribution in [0.5, 0.6) is 0 Å². The predicted octanol–water partition coefficient (Wildman–Crippen LogP) is 1.36. The molecule has 0 heterocycles. The maximum Gasteiger partial charge on any atom is 0.0523 e. The second-order valence-electron chi connectivity index (χ2n) is 3.57. The Morgan fingerprint density at radius 3 is 2.42 bits per heavy atom. The molecule has 0 aromatic heterocycles. The fourth-order valence-electron chi connectivity index (χ4n) is 1.08. The maximum atomic E-state index is 9.10. The van der Waals surface area contributed by atoms with Crippen LogP contribution in [-0.2, 0) is 0 Å². The first-order valence-electron chi connectivity index (χ1n) is 4.51. The molecule has 0 saturated heterocycles. The molecule has 0 spiro atoms. The summed E-state index contributed by atoms with van der Waals surface area (Å²) < 4.78 is 0. The zero-order chi connectivity index (χ0) is 9.56. The van der Waals surface area contributed by atoms with E-state index >= 15 is 0 Å². The zero-order valence-corrected chi connectivity index (χ0v) is 10.6. The molecule has 0 saturated carbocycles. The minimum Gasteiger partial charge on any atom is -0.394 e. The van der Waals surface area contributed by atoms with Crippen LogP contribution in [0.2, 0.25) is 0 Å².